The number of aromatic nitrogens is 3. The molecule has 1 amide bonds. The predicted molar refractivity (Wildman–Crippen MR) is 90.2 cm³/mol. The smallest absolute Gasteiger partial charge is 0.342 e. The summed E-state index contributed by atoms with van der Waals surface area (Å²) in [7, 11) is 0. The van der Waals surface area contributed by atoms with Crippen LogP contribution >= 0.6 is 0 Å². The van der Waals surface area contributed by atoms with Crippen molar-refractivity contribution in [2.45, 2.75) is 19.8 Å². The Labute approximate surface area is 137 Å². The van der Waals surface area contributed by atoms with Crippen molar-refractivity contribution in [1.29, 1.82) is 0 Å². The standard InChI is InChI=1S/C15H18N6O3/c1-9(2)11-5-3-10(4-6-11)7-17-19-12(22)8-16-13-14(23)18-15(24)21-20-13/h3-7,9H,8H2,1-2H3,(H,16,20)(H,19,22)(H2,18,21,23,24). The summed E-state index contributed by atoms with van der Waals surface area (Å²) in [6.45, 7) is 4.00. The summed E-state index contributed by atoms with van der Waals surface area (Å²) in [6.07, 6.45) is 1.52. The van der Waals surface area contributed by atoms with Gasteiger partial charge >= 0.3 is 5.69 Å². The van der Waals surface area contributed by atoms with Crippen molar-refractivity contribution < 1.29 is 4.79 Å². The Bertz CT molecular complexity index is 835. The molecule has 1 aromatic heterocycles. The molecule has 0 spiro atoms. The minimum Gasteiger partial charge on any atom is -0.355 e. The summed E-state index contributed by atoms with van der Waals surface area (Å²) in [6, 6.07) is 7.83. The lowest BCUT2D eigenvalue weighted by Crippen LogP contribution is -2.31. The Morgan fingerprint density at radius 1 is 1.29 bits per heavy atom. The maximum atomic E-state index is 11.6. The van der Waals surface area contributed by atoms with Crippen LogP contribution in [0.4, 0.5) is 5.82 Å². The van der Waals surface area contributed by atoms with Crippen LogP contribution in [0.2, 0.25) is 0 Å². The largest absolute Gasteiger partial charge is 0.355 e. The molecule has 0 unspecified atom stereocenters. The molecule has 126 valence electrons. The van der Waals surface area contributed by atoms with Crippen molar-refractivity contribution >= 4 is 17.9 Å². The third kappa shape index (κ3) is 4.90. The van der Waals surface area contributed by atoms with Crippen molar-refractivity contribution in [3.8, 4) is 0 Å². The molecule has 1 heterocycles. The van der Waals surface area contributed by atoms with Gasteiger partial charge in [-0.25, -0.2) is 15.3 Å². The highest BCUT2D eigenvalue weighted by Gasteiger charge is 2.04. The molecule has 4 N–H and O–H groups in total. The lowest BCUT2D eigenvalue weighted by atomic mass is 10.0. The molecule has 0 atom stereocenters. The van der Waals surface area contributed by atoms with Crippen LogP contribution in [0.3, 0.4) is 0 Å². The van der Waals surface area contributed by atoms with Gasteiger partial charge in [0.2, 0.25) is 5.82 Å². The Hall–Kier alpha value is -3.23. The van der Waals surface area contributed by atoms with Crippen molar-refractivity contribution in [2.24, 2.45) is 5.10 Å². The number of carbonyl (C=O) groups excluding carboxylic acids is 1. The van der Waals surface area contributed by atoms with E-state index in [2.05, 4.69) is 39.9 Å². The van der Waals surface area contributed by atoms with Gasteiger partial charge in [-0.3, -0.25) is 14.6 Å². The van der Waals surface area contributed by atoms with Crippen LogP contribution in [0.25, 0.3) is 0 Å². The summed E-state index contributed by atoms with van der Waals surface area (Å²) in [4.78, 5) is 35.8. The van der Waals surface area contributed by atoms with Crippen molar-refractivity contribution in [2.75, 3.05) is 11.9 Å². The number of H-pyrrole nitrogens is 2. The predicted octanol–water partition coefficient (Wildman–Crippen LogP) is 0.144. The Kier molecular flexibility index (Phi) is 5.61. The van der Waals surface area contributed by atoms with E-state index in [9.17, 15) is 14.4 Å². The van der Waals surface area contributed by atoms with E-state index in [1.807, 2.05) is 29.2 Å². The summed E-state index contributed by atoms with van der Waals surface area (Å²) < 4.78 is 0. The zero-order valence-electron chi connectivity index (χ0n) is 13.3. The summed E-state index contributed by atoms with van der Waals surface area (Å²) in [5.74, 6) is -0.165. The minimum atomic E-state index is -0.719. The molecule has 24 heavy (non-hydrogen) atoms. The number of nitrogens with one attached hydrogen (secondary N) is 4. The fourth-order valence-electron chi connectivity index (χ4n) is 1.82. The van der Waals surface area contributed by atoms with E-state index in [-0.39, 0.29) is 12.4 Å². The zero-order chi connectivity index (χ0) is 17.5. The van der Waals surface area contributed by atoms with Crippen LogP contribution in [0.5, 0.6) is 0 Å². The second-order valence-corrected chi connectivity index (χ2v) is 5.32. The highest BCUT2D eigenvalue weighted by molar-refractivity contribution is 5.84. The van der Waals surface area contributed by atoms with Crippen LogP contribution in [-0.4, -0.2) is 33.8 Å². The third-order valence-electron chi connectivity index (χ3n) is 3.13. The fourth-order valence-corrected chi connectivity index (χ4v) is 1.82. The highest BCUT2D eigenvalue weighted by Crippen LogP contribution is 2.13. The molecule has 9 heteroatoms. The molecule has 2 rings (SSSR count). The number of carbonyl (C=O) groups is 1. The fraction of sp³-hybridized carbons (Fsp3) is 0.267. The topological polar surface area (TPSA) is 132 Å². The first-order valence-electron chi connectivity index (χ1n) is 7.30. The molecule has 9 nitrogen and oxygen atoms in total. The maximum absolute atomic E-state index is 11.6. The van der Waals surface area contributed by atoms with Gasteiger partial charge in [0.25, 0.3) is 11.5 Å². The lowest BCUT2D eigenvalue weighted by Gasteiger charge is -2.04. The summed E-state index contributed by atoms with van der Waals surface area (Å²) in [5, 5.41) is 11.9. The molecular formula is C15H18N6O3. The number of anilines is 1. The first-order chi connectivity index (χ1) is 11.5. The Morgan fingerprint density at radius 2 is 2.00 bits per heavy atom. The second-order valence-electron chi connectivity index (χ2n) is 5.32. The van der Waals surface area contributed by atoms with Gasteiger partial charge < -0.3 is 5.32 Å². The maximum Gasteiger partial charge on any atom is 0.342 e. The van der Waals surface area contributed by atoms with Gasteiger partial charge in [0.1, 0.15) is 0 Å². The monoisotopic (exact) mass is 330 g/mol. The number of benzene rings is 1. The quantitative estimate of drug-likeness (QED) is 0.442. The summed E-state index contributed by atoms with van der Waals surface area (Å²) >= 11 is 0. The van der Waals surface area contributed by atoms with E-state index in [4.69, 9.17) is 0 Å². The van der Waals surface area contributed by atoms with E-state index >= 15 is 0 Å². The minimum absolute atomic E-state index is 0.155. The first kappa shape index (κ1) is 17.1. The molecule has 0 fully saturated rings. The van der Waals surface area contributed by atoms with Crippen LogP contribution in [0, 0.1) is 0 Å². The molecule has 0 radical (unpaired) electrons. The van der Waals surface area contributed by atoms with Gasteiger partial charge in [0.15, 0.2) is 0 Å². The molecule has 0 aliphatic carbocycles. The second kappa shape index (κ2) is 7.86. The number of rotatable bonds is 6. The average Bonchev–Trinajstić information content (AvgIpc) is 2.54. The van der Waals surface area contributed by atoms with Gasteiger partial charge in [-0.05, 0) is 17.0 Å². The molecule has 0 bridgehead atoms. The number of hydrogen-bond acceptors (Lipinski definition) is 6. The van der Waals surface area contributed by atoms with Gasteiger partial charge in [0.05, 0.1) is 12.8 Å². The Balaban J connectivity index is 1.84. The van der Waals surface area contributed by atoms with Gasteiger partial charge in [0, 0.05) is 0 Å². The van der Waals surface area contributed by atoms with Gasteiger partial charge in [-0.2, -0.15) is 5.10 Å². The zero-order valence-corrected chi connectivity index (χ0v) is 13.3. The third-order valence-corrected chi connectivity index (χ3v) is 3.13. The number of aromatic amines is 2. The number of nitrogens with zero attached hydrogens (tertiary/aromatic N) is 2. The molecule has 0 aliphatic heterocycles. The van der Waals surface area contributed by atoms with E-state index in [0.717, 1.165) is 5.56 Å². The number of hydrogen-bond donors (Lipinski definition) is 4. The molecular weight excluding hydrogens is 312 g/mol. The normalized spacial score (nSPS) is 11.0. The van der Waals surface area contributed by atoms with Gasteiger partial charge in [-0.15, -0.1) is 5.10 Å². The molecule has 1 aromatic carbocycles. The van der Waals surface area contributed by atoms with Crippen molar-refractivity contribution in [1.82, 2.24) is 20.6 Å². The highest BCUT2D eigenvalue weighted by atomic mass is 16.2. The van der Waals surface area contributed by atoms with E-state index in [1.54, 1.807) is 0 Å². The number of hydrazone groups is 1. The van der Waals surface area contributed by atoms with E-state index in [1.165, 1.54) is 11.8 Å². The van der Waals surface area contributed by atoms with Crippen LogP contribution in [0.1, 0.15) is 30.9 Å². The molecule has 2 aromatic rings. The van der Waals surface area contributed by atoms with E-state index in [0.29, 0.717) is 5.92 Å². The number of amides is 1. The van der Waals surface area contributed by atoms with E-state index < -0.39 is 17.2 Å². The van der Waals surface area contributed by atoms with Crippen molar-refractivity contribution in [3.05, 3.63) is 56.2 Å². The summed E-state index contributed by atoms with van der Waals surface area (Å²) in [5.41, 5.74) is 2.97. The van der Waals surface area contributed by atoms with Crippen LogP contribution in [0.15, 0.2) is 39.0 Å². The van der Waals surface area contributed by atoms with Crippen molar-refractivity contribution in [3.63, 3.8) is 0 Å². The van der Waals surface area contributed by atoms with Crippen LogP contribution < -0.4 is 22.0 Å². The lowest BCUT2D eigenvalue weighted by molar-refractivity contribution is -0.119. The first-order valence-corrected chi connectivity index (χ1v) is 7.30. The molecule has 0 saturated heterocycles. The Morgan fingerprint density at radius 3 is 2.62 bits per heavy atom. The van der Waals surface area contributed by atoms with Gasteiger partial charge in [-0.1, -0.05) is 38.1 Å². The molecule has 0 saturated carbocycles. The van der Waals surface area contributed by atoms with Crippen LogP contribution in [-0.2, 0) is 4.79 Å². The molecule has 0 aliphatic rings. The SMILES string of the molecule is CC(C)c1ccc(C=NNC(=O)CNc2n[nH]c(=O)[nH]c2=O)cc1. The average molecular weight is 330 g/mol.